The van der Waals surface area contributed by atoms with Gasteiger partial charge < -0.3 is 15.0 Å². The third-order valence-corrected chi connectivity index (χ3v) is 9.70. The Morgan fingerprint density at radius 2 is 1.81 bits per heavy atom. The third kappa shape index (κ3) is 6.24. The molecular formula is C32H36N6O4S. The first-order chi connectivity index (χ1) is 20.6. The van der Waals surface area contributed by atoms with Crippen molar-refractivity contribution in [2.75, 3.05) is 50.5 Å². The number of amides is 1. The van der Waals surface area contributed by atoms with Gasteiger partial charge in [0.15, 0.2) is 9.84 Å². The van der Waals surface area contributed by atoms with Crippen LogP contribution >= 0.6 is 0 Å². The number of hydrogen-bond donors (Lipinski definition) is 1. The summed E-state index contributed by atoms with van der Waals surface area (Å²) in [5, 5.41) is 3.72. The van der Waals surface area contributed by atoms with Crippen LogP contribution in [0.3, 0.4) is 0 Å². The van der Waals surface area contributed by atoms with E-state index < -0.39 is 9.84 Å². The number of pyridine rings is 3. The second kappa shape index (κ2) is 11.6. The zero-order chi connectivity index (χ0) is 30.2. The molecule has 0 bridgehead atoms. The molecule has 3 aromatic heterocycles. The molecule has 0 saturated carbocycles. The Morgan fingerprint density at radius 3 is 2.60 bits per heavy atom. The molecule has 2 fully saturated rings. The number of rotatable bonds is 7. The molecule has 2 aliphatic rings. The van der Waals surface area contributed by atoms with E-state index >= 15 is 0 Å². The van der Waals surface area contributed by atoms with Gasteiger partial charge in [-0.3, -0.25) is 14.7 Å². The number of carbonyl (C=O) groups is 1. The Hall–Kier alpha value is -3.93. The number of morpholine rings is 1. The molecular weight excluding hydrogens is 564 g/mol. The van der Waals surface area contributed by atoms with Crippen LogP contribution in [0.4, 0.5) is 5.82 Å². The number of carbonyl (C=O) groups excluding carboxylic acids is 1. The lowest BCUT2D eigenvalue weighted by Gasteiger charge is -2.40. The maximum atomic E-state index is 12.8. The number of nitrogens with one attached hydrogen (secondary N) is 1. The number of sulfone groups is 1. The van der Waals surface area contributed by atoms with E-state index in [2.05, 4.69) is 33.1 Å². The predicted octanol–water partition coefficient (Wildman–Crippen LogP) is 3.63. The minimum atomic E-state index is -3.44. The lowest BCUT2D eigenvalue weighted by Crippen LogP contribution is -2.53. The summed E-state index contributed by atoms with van der Waals surface area (Å²) in [6.45, 7) is 9.62. The van der Waals surface area contributed by atoms with Gasteiger partial charge in [-0.15, -0.1) is 0 Å². The van der Waals surface area contributed by atoms with Gasteiger partial charge >= 0.3 is 0 Å². The molecule has 1 amide bonds. The van der Waals surface area contributed by atoms with Crippen LogP contribution in [0.1, 0.15) is 35.0 Å². The molecule has 11 heteroatoms. The second-order valence-electron chi connectivity index (χ2n) is 11.6. The van der Waals surface area contributed by atoms with Crippen molar-refractivity contribution in [3.8, 4) is 11.4 Å². The number of hydrogen-bond acceptors (Lipinski definition) is 9. The zero-order valence-corrected chi connectivity index (χ0v) is 25.5. The van der Waals surface area contributed by atoms with Gasteiger partial charge in [0.2, 0.25) is 0 Å². The molecule has 2 saturated heterocycles. The number of anilines is 1. The summed E-state index contributed by atoms with van der Waals surface area (Å²) in [6, 6.07) is 16.5. The van der Waals surface area contributed by atoms with Gasteiger partial charge in [0, 0.05) is 55.1 Å². The van der Waals surface area contributed by atoms with Crippen LogP contribution < -0.4 is 10.2 Å². The van der Waals surface area contributed by atoms with Crippen molar-refractivity contribution in [2.45, 2.75) is 37.2 Å². The Labute approximate surface area is 252 Å². The summed E-state index contributed by atoms with van der Waals surface area (Å²) in [6.07, 6.45) is 3.96. The molecule has 0 spiro atoms. The van der Waals surface area contributed by atoms with Gasteiger partial charge in [-0.2, -0.15) is 0 Å². The standard InChI is InChI=1S/C32H36N6O4S/c1-22-7-8-23(17-29(22)43(3,40)41)31(39)34-20-25-18-28-24(19-33-25)9-10-27(35-28)26-5-4-6-30(36-26)37-12-11-32(2,21-37)38-13-15-42-16-14-38/h4-10,17-19H,11-16,20-21H2,1-3H3,(H,34,39)/t32-/m1/s1. The van der Waals surface area contributed by atoms with E-state index in [0.717, 1.165) is 80.2 Å². The molecule has 1 aromatic carbocycles. The van der Waals surface area contributed by atoms with Gasteiger partial charge in [0.1, 0.15) is 5.82 Å². The Morgan fingerprint density at radius 1 is 1.02 bits per heavy atom. The largest absolute Gasteiger partial charge is 0.379 e. The van der Waals surface area contributed by atoms with E-state index in [1.807, 2.05) is 30.3 Å². The van der Waals surface area contributed by atoms with Gasteiger partial charge in [-0.05, 0) is 68.3 Å². The number of benzene rings is 1. The van der Waals surface area contributed by atoms with Crippen LogP contribution in [-0.4, -0.2) is 85.4 Å². The van der Waals surface area contributed by atoms with Crippen molar-refractivity contribution in [3.63, 3.8) is 0 Å². The fourth-order valence-electron chi connectivity index (χ4n) is 5.96. The van der Waals surface area contributed by atoms with E-state index in [1.54, 1.807) is 25.3 Å². The molecule has 1 N–H and O–H groups in total. The fourth-order valence-corrected chi connectivity index (χ4v) is 6.95. The van der Waals surface area contributed by atoms with E-state index in [-0.39, 0.29) is 28.4 Å². The highest BCUT2D eigenvalue weighted by atomic mass is 32.2. The number of aromatic nitrogens is 3. The molecule has 2 aliphatic heterocycles. The molecule has 43 heavy (non-hydrogen) atoms. The quantitative estimate of drug-likeness (QED) is 0.339. The highest BCUT2D eigenvalue weighted by Gasteiger charge is 2.40. The summed E-state index contributed by atoms with van der Waals surface area (Å²) in [7, 11) is -3.44. The topological polar surface area (TPSA) is 118 Å². The van der Waals surface area contributed by atoms with Crippen molar-refractivity contribution in [3.05, 3.63) is 77.6 Å². The van der Waals surface area contributed by atoms with Crippen LogP contribution in [0.5, 0.6) is 0 Å². The molecule has 5 heterocycles. The van der Waals surface area contributed by atoms with E-state index in [9.17, 15) is 13.2 Å². The van der Waals surface area contributed by atoms with Crippen molar-refractivity contribution in [2.24, 2.45) is 0 Å². The molecule has 224 valence electrons. The highest BCUT2D eigenvalue weighted by Crippen LogP contribution is 2.32. The predicted molar refractivity (Wildman–Crippen MR) is 166 cm³/mol. The van der Waals surface area contributed by atoms with Gasteiger partial charge in [0.25, 0.3) is 5.91 Å². The SMILES string of the molecule is Cc1ccc(C(=O)NCc2cc3nc(-c4cccc(N5CC[C@@](C)(N6CCOCC6)C5)n4)ccc3cn2)cc1S(C)(=O)=O. The van der Waals surface area contributed by atoms with Crippen LogP contribution in [0.25, 0.3) is 22.3 Å². The number of ether oxygens (including phenoxy) is 1. The summed E-state index contributed by atoms with van der Waals surface area (Å²) in [5.41, 5.74) is 3.94. The molecule has 1 atom stereocenters. The average molecular weight is 601 g/mol. The number of nitrogens with zero attached hydrogens (tertiary/aromatic N) is 5. The Balaban J connectivity index is 1.17. The monoisotopic (exact) mass is 600 g/mol. The van der Waals surface area contributed by atoms with Crippen molar-refractivity contribution >= 4 is 32.5 Å². The minimum Gasteiger partial charge on any atom is -0.379 e. The van der Waals surface area contributed by atoms with Crippen molar-refractivity contribution in [1.82, 2.24) is 25.2 Å². The lowest BCUT2D eigenvalue weighted by atomic mass is 9.98. The normalized spacial score (nSPS) is 19.6. The summed E-state index contributed by atoms with van der Waals surface area (Å²) in [4.78, 5) is 32.2. The average Bonchev–Trinajstić information content (AvgIpc) is 3.43. The number of aryl methyl sites for hydroxylation is 1. The Kier molecular flexibility index (Phi) is 7.89. The molecule has 6 rings (SSSR count). The van der Waals surface area contributed by atoms with Crippen LogP contribution in [0.2, 0.25) is 0 Å². The van der Waals surface area contributed by atoms with E-state index in [1.165, 1.54) is 6.07 Å². The summed E-state index contributed by atoms with van der Waals surface area (Å²) >= 11 is 0. The van der Waals surface area contributed by atoms with E-state index in [4.69, 9.17) is 14.7 Å². The lowest BCUT2D eigenvalue weighted by molar-refractivity contribution is -0.00888. The fraction of sp³-hybridized carbons (Fsp3) is 0.375. The van der Waals surface area contributed by atoms with Crippen molar-refractivity contribution in [1.29, 1.82) is 0 Å². The van der Waals surface area contributed by atoms with Gasteiger partial charge in [0.05, 0.1) is 47.3 Å². The molecule has 0 aliphatic carbocycles. The highest BCUT2D eigenvalue weighted by molar-refractivity contribution is 7.90. The third-order valence-electron chi connectivity index (χ3n) is 8.46. The maximum absolute atomic E-state index is 12.8. The zero-order valence-electron chi connectivity index (χ0n) is 24.7. The first kappa shape index (κ1) is 29.2. The van der Waals surface area contributed by atoms with Crippen LogP contribution in [-0.2, 0) is 21.1 Å². The summed E-state index contributed by atoms with van der Waals surface area (Å²) in [5.74, 6) is 0.575. The maximum Gasteiger partial charge on any atom is 0.251 e. The smallest absolute Gasteiger partial charge is 0.251 e. The molecule has 4 aromatic rings. The Bertz CT molecular complexity index is 1790. The first-order valence-corrected chi connectivity index (χ1v) is 16.4. The van der Waals surface area contributed by atoms with Gasteiger partial charge in [-0.25, -0.2) is 18.4 Å². The van der Waals surface area contributed by atoms with Crippen molar-refractivity contribution < 1.29 is 17.9 Å². The van der Waals surface area contributed by atoms with Crippen LogP contribution in [0, 0.1) is 6.92 Å². The minimum absolute atomic E-state index is 0.108. The van der Waals surface area contributed by atoms with Crippen LogP contribution in [0.15, 0.2) is 65.7 Å². The van der Waals surface area contributed by atoms with E-state index in [0.29, 0.717) is 11.3 Å². The molecule has 10 nitrogen and oxygen atoms in total. The first-order valence-electron chi connectivity index (χ1n) is 14.5. The van der Waals surface area contributed by atoms with Gasteiger partial charge in [-0.1, -0.05) is 12.1 Å². The second-order valence-corrected chi connectivity index (χ2v) is 13.6. The number of fused-ring (bicyclic) bond motifs is 1. The summed E-state index contributed by atoms with van der Waals surface area (Å²) < 4.78 is 29.7. The molecule has 0 radical (unpaired) electrons. The molecule has 0 unspecified atom stereocenters.